The first-order valence-corrected chi connectivity index (χ1v) is 10.5. The van der Waals surface area contributed by atoms with E-state index >= 15 is 0 Å². The first-order valence-electron chi connectivity index (χ1n) is 10.5. The van der Waals surface area contributed by atoms with Crippen LogP contribution in [0.25, 0.3) is 0 Å². The Morgan fingerprint density at radius 3 is 2.89 bits per heavy atom. The van der Waals surface area contributed by atoms with Gasteiger partial charge < -0.3 is 24.8 Å². The zero-order chi connectivity index (χ0) is 20.2. The highest BCUT2D eigenvalue weighted by Crippen LogP contribution is 2.22. The molecule has 0 amide bonds. The molecule has 158 valence electrons. The highest BCUT2D eigenvalue weighted by molar-refractivity contribution is 5.79. The van der Waals surface area contributed by atoms with Crippen molar-refractivity contribution in [2.45, 2.75) is 53.2 Å². The third-order valence-corrected chi connectivity index (χ3v) is 4.47. The van der Waals surface area contributed by atoms with Crippen LogP contribution in [0.4, 0.5) is 0 Å². The molecule has 1 heterocycles. The van der Waals surface area contributed by atoms with Crippen LogP contribution in [-0.2, 0) is 16.0 Å². The maximum atomic E-state index is 5.95. The number of rotatable bonds is 11. The number of aliphatic imine (C=N–C) groups is 1. The maximum Gasteiger partial charge on any atom is 0.191 e. The number of guanidine groups is 1. The van der Waals surface area contributed by atoms with Gasteiger partial charge in [-0.05, 0) is 52.2 Å². The lowest BCUT2D eigenvalue weighted by Gasteiger charge is -2.15. The SMILES string of the molecule is CCNC(=NCc1ccc(C)cc1OC(C)C)NCCCOCC1CCOC1. The van der Waals surface area contributed by atoms with Crippen LogP contribution in [0.15, 0.2) is 23.2 Å². The third-order valence-electron chi connectivity index (χ3n) is 4.47. The predicted molar refractivity (Wildman–Crippen MR) is 114 cm³/mol. The first-order chi connectivity index (χ1) is 13.6. The van der Waals surface area contributed by atoms with Gasteiger partial charge in [-0.1, -0.05) is 12.1 Å². The second-order valence-electron chi connectivity index (χ2n) is 7.56. The molecule has 2 rings (SSSR count). The van der Waals surface area contributed by atoms with E-state index < -0.39 is 0 Å². The molecule has 1 aliphatic rings. The topological polar surface area (TPSA) is 64.1 Å². The fraction of sp³-hybridized carbons (Fsp3) is 0.682. The Kier molecular flexibility index (Phi) is 10.1. The Morgan fingerprint density at radius 2 is 2.18 bits per heavy atom. The number of benzene rings is 1. The second-order valence-corrected chi connectivity index (χ2v) is 7.56. The Bertz CT molecular complexity index is 599. The molecule has 1 aromatic carbocycles. The number of aryl methyl sites for hydroxylation is 1. The quantitative estimate of drug-likeness (QED) is 0.344. The van der Waals surface area contributed by atoms with Crippen molar-refractivity contribution in [2.75, 3.05) is 39.5 Å². The Hall–Kier alpha value is -1.79. The lowest BCUT2D eigenvalue weighted by Crippen LogP contribution is -2.38. The van der Waals surface area contributed by atoms with E-state index in [0.29, 0.717) is 12.5 Å². The molecular weight excluding hydrogens is 354 g/mol. The van der Waals surface area contributed by atoms with Gasteiger partial charge in [0.15, 0.2) is 5.96 Å². The molecule has 6 nitrogen and oxygen atoms in total. The van der Waals surface area contributed by atoms with E-state index in [1.54, 1.807) is 0 Å². The summed E-state index contributed by atoms with van der Waals surface area (Å²) in [6.07, 6.45) is 2.22. The Labute approximate surface area is 170 Å². The summed E-state index contributed by atoms with van der Waals surface area (Å²) in [5.41, 5.74) is 2.29. The summed E-state index contributed by atoms with van der Waals surface area (Å²) in [7, 11) is 0. The van der Waals surface area contributed by atoms with Crippen molar-refractivity contribution < 1.29 is 14.2 Å². The molecular formula is C22H37N3O3. The molecule has 1 aliphatic heterocycles. The van der Waals surface area contributed by atoms with Gasteiger partial charge in [-0.15, -0.1) is 0 Å². The zero-order valence-corrected chi connectivity index (χ0v) is 17.9. The van der Waals surface area contributed by atoms with Crippen molar-refractivity contribution in [3.63, 3.8) is 0 Å². The largest absolute Gasteiger partial charge is 0.491 e. The number of ether oxygens (including phenoxy) is 3. The van der Waals surface area contributed by atoms with Crippen molar-refractivity contribution in [1.82, 2.24) is 10.6 Å². The van der Waals surface area contributed by atoms with Crippen LogP contribution < -0.4 is 15.4 Å². The summed E-state index contributed by atoms with van der Waals surface area (Å²) in [6, 6.07) is 6.28. The summed E-state index contributed by atoms with van der Waals surface area (Å²) in [5, 5.41) is 6.69. The first kappa shape index (κ1) is 22.5. The van der Waals surface area contributed by atoms with Gasteiger partial charge in [0, 0.05) is 37.8 Å². The smallest absolute Gasteiger partial charge is 0.191 e. The lowest BCUT2D eigenvalue weighted by molar-refractivity contribution is 0.0888. The molecule has 6 heteroatoms. The van der Waals surface area contributed by atoms with Gasteiger partial charge in [0.05, 0.1) is 25.9 Å². The van der Waals surface area contributed by atoms with E-state index in [1.807, 2.05) is 13.8 Å². The normalized spacial score (nSPS) is 17.2. The highest BCUT2D eigenvalue weighted by atomic mass is 16.5. The summed E-state index contributed by atoms with van der Waals surface area (Å²) < 4.78 is 17.1. The number of hydrogen-bond donors (Lipinski definition) is 2. The molecule has 0 spiro atoms. The maximum absolute atomic E-state index is 5.95. The van der Waals surface area contributed by atoms with Crippen molar-refractivity contribution in [1.29, 1.82) is 0 Å². The Morgan fingerprint density at radius 1 is 1.32 bits per heavy atom. The summed E-state index contributed by atoms with van der Waals surface area (Å²) in [5.74, 6) is 2.31. The van der Waals surface area contributed by atoms with Crippen LogP contribution in [0, 0.1) is 12.8 Å². The van der Waals surface area contributed by atoms with Crippen LogP contribution in [0.1, 0.15) is 44.7 Å². The second kappa shape index (κ2) is 12.6. The van der Waals surface area contributed by atoms with Gasteiger partial charge in [-0.25, -0.2) is 4.99 Å². The lowest BCUT2D eigenvalue weighted by atomic mass is 10.1. The van der Waals surface area contributed by atoms with Crippen LogP contribution in [-0.4, -0.2) is 51.6 Å². The standard InChI is InChI=1S/C22H37N3O3/c1-5-23-22(24-10-6-11-26-15-19-9-12-27-16-19)25-14-20-8-7-18(4)13-21(20)28-17(2)3/h7-8,13,17,19H,5-6,9-12,14-16H2,1-4H3,(H2,23,24,25). The minimum atomic E-state index is 0.145. The van der Waals surface area contributed by atoms with Crippen molar-refractivity contribution in [2.24, 2.45) is 10.9 Å². The zero-order valence-electron chi connectivity index (χ0n) is 17.9. The molecule has 1 unspecified atom stereocenters. The summed E-state index contributed by atoms with van der Waals surface area (Å²) in [4.78, 5) is 4.72. The summed E-state index contributed by atoms with van der Waals surface area (Å²) in [6.45, 7) is 13.8. The average molecular weight is 392 g/mol. The molecule has 1 aromatic rings. The molecule has 1 saturated heterocycles. The van der Waals surface area contributed by atoms with E-state index in [1.165, 1.54) is 5.56 Å². The fourth-order valence-electron chi connectivity index (χ4n) is 3.01. The van der Waals surface area contributed by atoms with Gasteiger partial charge >= 0.3 is 0 Å². The van der Waals surface area contributed by atoms with E-state index in [4.69, 9.17) is 19.2 Å². The van der Waals surface area contributed by atoms with E-state index in [2.05, 4.69) is 42.7 Å². The van der Waals surface area contributed by atoms with Crippen LogP contribution >= 0.6 is 0 Å². The van der Waals surface area contributed by atoms with Crippen molar-refractivity contribution in [3.05, 3.63) is 29.3 Å². The number of nitrogens with zero attached hydrogens (tertiary/aromatic N) is 1. The number of hydrogen-bond acceptors (Lipinski definition) is 4. The van der Waals surface area contributed by atoms with Crippen molar-refractivity contribution >= 4 is 5.96 Å². The molecule has 0 saturated carbocycles. The minimum Gasteiger partial charge on any atom is -0.491 e. The average Bonchev–Trinajstić information content (AvgIpc) is 3.16. The molecule has 0 radical (unpaired) electrons. The molecule has 0 aromatic heterocycles. The molecule has 0 aliphatic carbocycles. The van der Waals surface area contributed by atoms with Gasteiger partial charge in [0.25, 0.3) is 0 Å². The van der Waals surface area contributed by atoms with Crippen molar-refractivity contribution in [3.8, 4) is 5.75 Å². The van der Waals surface area contributed by atoms with Gasteiger partial charge in [-0.3, -0.25) is 0 Å². The monoisotopic (exact) mass is 391 g/mol. The minimum absolute atomic E-state index is 0.145. The van der Waals surface area contributed by atoms with Gasteiger partial charge in [-0.2, -0.15) is 0 Å². The van der Waals surface area contributed by atoms with Gasteiger partial charge in [0.2, 0.25) is 0 Å². The molecule has 28 heavy (non-hydrogen) atoms. The molecule has 1 fully saturated rings. The van der Waals surface area contributed by atoms with E-state index in [-0.39, 0.29) is 6.10 Å². The molecule has 0 bridgehead atoms. The molecule has 1 atom stereocenters. The fourth-order valence-corrected chi connectivity index (χ4v) is 3.01. The Balaban J connectivity index is 1.78. The summed E-state index contributed by atoms with van der Waals surface area (Å²) >= 11 is 0. The number of nitrogens with one attached hydrogen (secondary N) is 2. The van der Waals surface area contributed by atoms with Crippen LogP contribution in [0.5, 0.6) is 5.75 Å². The molecule has 2 N–H and O–H groups in total. The van der Waals surface area contributed by atoms with E-state index in [9.17, 15) is 0 Å². The third kappa shape index (κ3) is 8.48. The van der Waals surface area contributed by atoms with Crippen LogP contribution in [0.3, 0.4) is 0 Å². The van der Waals surface area contributed by atoms with E-state index in [0.717, 1.165) is 69.6 Å². The van der Waals surface area contributed by atoms with Gasteiger partial charge in [0.1, 0.15) is 5.75 Å². The van der Waals surface area contributed by atoms with Crippen LogP contribution in [0.2, 0.25) is 0 Å². The highest BCUT2D eigenvalue weighted by Gasteiger charge is 2.15. The predicted octanol–water partition coefficient (Wildman–Crippen LogP) is 3.28.